The predicted octanol–water partition coefficient (Wildman–Crippen LogP) is 6.44. The van der Waals surface area contributed by atoms with E-state index >= 15 is 0 Å². The average molecular weight is 907 g/mol. The zero-order valence-corrected chi connectivity index (χ0v) is 27.1. The van der Waals surface area contributed by atoms with Crippen molar-refractivity contribution in [3.63, 3.8) is 0 Å². The van der Waals surface area contributed by atoms with Crippen LogP contribution in [0.15, 0.2) is 36.4 Å². The van der Waals surface area contributed by atoms with Crippen LogP contribution in [0.25, 0.3) is 0 Å². The van der Waals surface area contributed by atoms with E-state index in [2.05, 4.69) is 80.3 Å². The van der Waals surface area contributed by atoms with Gasteiger partial charge in [-0.25, -0.2) is 9.59 Å². The smallest absolute Gasteiger partial charge is 0.339 e. The summed E-state index contributed by atoms with van der Waals surface area (Å²) in [6.45, 7) is -0.161. The monoisotopic (exact) mass is 902 g/mol. The van der Waals surface area contributed by atoms with Crippen LogP contribution in [0, 0.1) is 34.8 Å². The molecule has 2 aromatic rings. The van der Waals surface area contributed by atoms with Gasteiger partial charge in [0.25, 0.3) is 5.09 Å². The van der Waals surface area contributed by atoms with Crippen molar-refractivity contribution in [1.29, 1.82) is 0 Å². The van der Waals surface area contributed by atoms with Gasteiger partial charge in [-0.1, -0.05) is 95.1 Å². The minimum absolute atomic E-state index is 0. The largest absolute Gasteiger partial charge is 0.449 e. The van der Waals surface area contributed by atoms with E-state index in [1.807, 2.05) is 6.07 Å². The molecule has 0 fully saturated rings. The molecule has 40 heavy (non-hydrogen) atoms. The predicted molar refractivity (Wildman–Crippen MR) is 159 cm³/mol. The maximum absolute atomic E-state index is 11.7. The van der Waals surface area contributed by atoms with Crippen LogP contribution >= 0.6 is 63.7 Å². The second-order valence-electron chi connectivity index (χ2n) is 6.32. The minimum atomic E-state index is -1.50. The van der Waals surface area contributed by atoms with Crippen molar-refractivity contribution in [2.24, 2.45) is 0 Å². The zero-order valence-electron chi connectivity index (χ0n) is 19.3. The quantitative estimate of drug-likeness (QED) is 0.0601. The summed E-state index contributed by atoms with van der Waals surface area (Å²) >= 11 is 13.7. The number of esters is 2. The summed E-state index contributed by atoms with van der Waals surface area (Å²) in [5.74, 6) is 3.35. The van der Waals surface area contributed by atoms with Crippen molar-refractivity contribution < 1.29 is 61.3 Å². The van der Waals surface area contributed by atoms with Crippen LogP contribution in [-0.4, -0.2) is 48.0 Å². The molecule has 0 spiro atoms. The number of benzene rings is 2. The van der Waals surface area contributed by atoms with Crippen LogP contribution in [0.2, 0.25) is 0 Å². The molecule has 1 N–H and O–H groups in total. The fraction of sp³-hybridized carbons (Fsp3) is 0.200. The van der Waals surface area contributed by atoms with Crippen LogP contribution in [-0.2, 0) is 31.9 Å². The van der Waals surface area contributed by atoms with E-state index in [1.165, 1.54) is 18.2 Å². The summed E-state index contributed by atoms with van der Waals surface area (Å²) in [7, 11) is 0. The van der Waals surface area contributed by atoms with Crippen LogP contribution in [0.1, 0.15) is 67.5 Å². The number of halogens is 4. The first kappa shape index (κ1) is 42.2. The van der Waals surface area contributed by atoms with E-state index in [0.717, 1.165) is 11.1 Å². The first-order valence-electron chi connectivity index (χ1n) is 9.72. The Morgan fingerprint density at radius 2 is 1.27 bits per heavy atom. The summed E-state index contributed by atoms with van der Waals surface area (Å²) in [5, 5.41) is 13.6. The molecule has 15 heteroatoms. The molecular formula is C25H21AgBr4NO9. The topological polar surface area (TPSA) is 150 Å². The van der Waals surface area contributed by atoms with Gasteiger partial charge in [-0.05, 0) is 35.4 Å². The zero-order chi connectivity index (χ0) is 29.3. The Bertz CT molecular complexity index is 1240. The molecule has 0 heterocycles. The number of carbonyl (C=O) groups excluding carboxylic acids is 4. The van der Waals surface area contributed by atoms with E-state index in [4.69, 9.17) is 32.9 Å². The van der Waals surface area contributed by atoms with Crippen molar-refractivity contribution in [2.45, 2.75) is 14.9 Å². The number of hydrogen-bond acceptors (Lipinski definition) is 8. The molecule has 0 aliphatic carbocycles. The van der Waals surface area contributed by atoms with Crippen molar-refractivity contribution in [2.75, 3.05) is 13.2 Å². The molecule has 0 saturated carbocycles. The number of terminal acetylenes is 2. The molecule has 2 rings (SSSR count). The Kier molecular flexibility index (Phi) is 24.7. The molecule has 0 aliphatic rings. The second kappa shape index (κ2) is 23.4. The van der Waals surface area contributed by atoms with Crippen molar-refractivity contribution in [3.05, 3.63) is 79.9 Å². The van der Waals surface area contributed by atoms with E-state index in [1.54, 1.807) is 12.1 Å². The van der Waals surface area contributed by atoms with Gasteiger partial charge in [0.2, 0.25) is 0 Å². The molecule has 219 valence electrons. The van der Waals surface area contributed by atoms with Gasteiger partial charge in [-0.3, -0.25) is 9.59 Å². The standard InChI is InChI=1S/C12H8Br4O2.C12H8O4.CH4.Ag.HNO3/c1-2-5-18-12(17)7-3-4-8(10(13)14)9(6-7)11(15)16;1-2-5-16-12(15)9-3-4-10(7-13)11(6-9)8-14;;;2-1(3)4/h1,3-4,6,10-11H,5H2;1,3-4,6-8H,5H2;1H4;;(H,2,3,4). The molecule has 0 amide bonds. The van der Waals surface area contributed by atoms with Gasteiger partial charge in [0.1, 0.15) is 0 Å². The normalized spacial score (nSPS) is 8.90. The van der Waals surface area contributed by atoms with Crippen LogP contribution in [0.4, 0.5) is 0 Å². The fourth-order valence-electron chi connectivity index (χ4n) is 2.38. The third-order valence-corrected chi connectivity index (χ3v) is 5.92. The van der Waals surface area contributed by atoms with Gasteiger partial charge in [-0.15, -0.1) is 23.0 Å². The molecule has 2 aromatic carbocycles. The van der Waals surface area contributed by atoms with Crippen LogP contribution < -0.4 is 0 Å². The Labute approximate surface area is 280 Å². The molecule has 0 atom stereocenters. The van der Waals surface area contributed by atoms with Crippen LogP contribution in [0.3, 0.4) is 0 Å². The molecule has 0 saturated heterocycles. The van der Waals surface area contributed by atoms with Gasteiger partial charge in [-0.2, -0.15) is 0 Å². The molecule has 10 nitrogen and oxygen atoms in total. The molecule has 0 bridgehead atoms. The number of nitrogens with zero attached hydrogens (tertiary/aromatic N) is 1. The summed E-state index contributed by atoms with van der Waals surface area (Å²) in [4.78, 5) is 52.6. The third-order valence-electron chi connectivity index (χ3n) is 3.94. The second-order valence-corrected chi connectivity index (χ2v) is 12.4. The number of aldehydes is 2. The number of hydrogen-bond donors (Lipinski definition) is 1. The Morgan fingerprint density at radius 3 is 1.65 bits per heavy atom. The fourth-order valence-corrected chi connectivity index (χ4v) is 4.01. The summed E-state index contributed by atoms with van der Waals surface area (Å²) < 4.78 is 9.50. The maximum Gasteiger partial charge on any atom is 0.339 e. The average Bonchev–Trinajstić information content (AvgIpc) is 2.89. The molecule has 0 aliphatic heterocycles. The van der Waals surface area contributed by atoms with E-state index in [-0.39, 0.29) is 67.2 Å². The molecular weight excluding hydrogens is 886 g/mol. The van der Waals surface area contributed by atoms with Gasteiger partial charge in [0.05, 0.1) is 18.6 Å². The van der Waals surface area contributed by atoms with Gasteiger partial charge < -0.3 is 14.7 Å². The molecule has 0 aromatic heterocycles. The van der Waals surface area contributed by atoms with E-state index in [9.17, 15) is 19.2 Å². The first-order valence-corrected chi connectivity index (χ1v) is 13.4. The first-order chi connectivity index (χ1) is 17.9. The summed E-state index contributed by atoms with van der Waals surface area (Å²) in [6, 6.07) is 9.38. The minimum Gasteiger partial charge on any atom is -0.449 e. The Balaban J connectivity index is -0.000000580. The third kappa shape index (κ3) is 16.1. The van der Waals surface area contributed by atoms with Gasteiger partial charge in [0, 0.05) is 33.5 Å². The van der Waals surface area contributed by atoms with Crippen molar-refractivity contribution >= 4 is 88.2 Å². The van der Waals surface area contributed by atoms with Crippen LogP contribution in [0.5, 0.6) is 0 Å². The SMILES string of the molecule is C.C#CCOC(=O)c1ccc(C(Br)Br)c(C(Br)Br)c1.C#CCOC(=O)c1ccc(C=O)c(C=O)c1.O=[N+]([O-])O.[Ag]. The van der Waals surface area contributed by atoms with E-state index < -0.39 is 17.0 Å². The molecule has 0 unspecified atom stereocenters. The number of alkyl halides is 4. The van der Waals surface area contributed by atoms with E-state index in [0.29, 0.717) is 18.1 Å². The van der Waals surface area contributed by atoms with Gasteiger partial charge in [0.15, 0.2) is 25.8 Å². The summed E-state index contributed by atoms with van der Waals surface area (Å²) in [6.07, 6.45) is 11.0. The number of carbonyl (C=O) groups is 4. The Hall–Kier alpha value is -2.30. The van der Waals surface area contributed by atoms with Crippen molar-refractivity contribution in [1.82, 2.24) is 0 Å². The number of rotatable bonds is 8. The maximum atomic E-state index is 11.7. The van der Waals surface area contributed by atoms with Crippen molar-refractivity contribution in [3.8, 4) is 24.7 Å². The van der Waals surface area contributed by atoms with Gasteiger partial charge >= 0.3 is 11.9 Å². The molecule has 1 radical (unpaired) electrons. The summed E-state index contributed by atoms with van der Waals surface area (Å²) in [5.41, 5.74) is 2.97. The Morgan fingerprint density at radius 1 is 0.875 bits per heavy atom. The number of ether oxygens (including phenoxy) is 2.